The van der Waals surface area contributed by atoms with Gasteiger partial charge < -0.3 is 15.4 Å². The monoisotopic (exact) mass is 402 g/mol. The Bertz CT molecular complexity index is 877. The number of benzene rings is 1. The molecular weight excluding hydrogens is 384 g/mol. The number of amides is 2. The largest absolute Gasteiger partial charge is 0.497 e. The lowest BCUT2D eigenvalue weighted by atomic mass is 10.2. The number of carbonyl (C=O) groups excluding carboxylic acids is 2. The highest BCUT2D eigenvalue weighted by molar-refractivity contribution is 8.15. The highest BCUT2D eigenvalue weighted by Gasteiger charge is 2.32. The van der Waals surface area contributed by atoms with Crippen molar-refractivity contribution >= 4 is 51.5 Å². The normalized spacial score (nSPS) is 18.4. The standard InChI is InChI=1S/C18H18N4O3S2/c1-11(14-4-3-9-26-14)21-22-18-20-17(24)15(27-18)10-16(23)19-12-5-7-13(25-2)8-6-12/h3-9,15H,10H2,1-2H3,(H,19,23)(H,20,22,24)/b21-11+. The molecule has 1 atom stereocenters. The van der Waals surface area contributed by atoms with Gasteiger partial charge in [-0.2, -0.15) is 5.10 Å². The summed E-state index contributed by atoms with van der Waals surface area (Å²) in [6.45, 7) is 1.86. The van der Waals surface area contributed by atoms with E-state index in [0.717, 1.165) is 10.6 Å². The number of methoxy groups -OCH3 is 1. The number of ether oxygens (including phenoxy) is 1. The second-order valence-corrected chi connectivity index (χ2v) is 7.78. The van der Waals surface area contributed by atoms with E-state index in [9.17, 15) is 9.59 Å². The van der Waals surface area contributed by atoms with E-state index in [1.54, 1.807) is 42.7 Å². The highest BCUT2D eigenvalue weighted by atomic mass is 32.2. The summed E-state index contributed by atoms with van der Waals surface area (Å²) in [6.07, 6.45) is 0.0508. The van der Waals surface area contributed by atoms with Gasteiger partial charge in [-0.3, -0.25) is 9.59 Å². The van der Waals surface area contributed by atoms with Crippen molar-refractivity contribution in [1.82, 2.24) is 5.32 Å². The summed E-state index contributed by atoms with van der Waals surface area (Å²) in [6, 6.07) is 10.9. The zero-order valence-electron chi connectivity index (χ0n) is 14.8. The number of hydrogen-bond acceptors (Lipinski definition) is 7. The van der Waals surface area contributed by atoms with Crippen molar-refractivity contribution in [2.75, 3.05) is 12.4 Å². The van der Waals surface area contributed by atoms with Crippen LogP contribution in [0.2, 0.25) is 0 Å². The molecule has 0 radical (unpaired) electrons. The SMILES string of the molecule is COc1ccc(NC(=O)CC2S/C(=N/N=C(\C)c3cccs3)NC2=O)cc1. The molecule has 2 amide bonds. The lowest BCUT2D eigenvalue weighted by molar-refractivity contribution is -0.122. The van der Waals surface area contributed by atoms with Crippen LogP contribution in [0.5, 0.6) is 5.75 Å². The minimum atomic E-state index is -0.528. The number of carbonyl (C=O) groups is 2. The van der Waals surface area contributed by atoms with Crippen LogP contribution in [-0.4, -0.2) is 35.1 Å². The van der Waals surface area contributed by atoms with Crippen LogP contribution in [0.3, 0.4) is 0 Å². The maximum atomic E-state index is 12.2. The minimum Gasteiger partial charge on any atom is -0.497 e. The van der Waals surface area contributed by atoms with E-state index in [1.807, 2.05) is 24.4 Å². The van der Waals surface area contributed by atoms with Gasteiger partial charge in [0.25, 0.3) is 0 Å². The first-order valence-corrected chi connectivity index (χ1v) is 9.88. The summed E-state index contributed by atoms with van der Waals surface area (Å²) >= 11 is 2.78. The van der Waals surface area contributed by atoms with Crippen molar-refractivity contribution in [3.63, 3.8) is 0 Å². The molecule has 0 bridgehead atoms. The van der Waals surface area contributed by atoms with Crippen molar-refractivity contribution in [3.8, 4) is 5.75 Å². The van der Waals surface area contributed by atoms with E-state index in [1.165, 1.54) is 11.8 Å². The number of thiophene rings is 1. The molecule has 2 heterocycles. The van der Waals surface area contributed by atoms with Crippen molar-refractivity contribution in [2.45, 2.75) is 18.6 Å². The lowest BCUT2D eigenvalue weighted by Crippen LogP contribution is -2.28. The third-order valence-electron chi connectivity index (χ3n) is 3.69. The zero-order chi connectivity index (χ0) is 19.2. The second-order valence-electron chi connectivity index (χ2n) is 5.64. The highest BCUT2D eigenvalue weighted by Crippen LogP contribution is 2.23. The molecule has 27 heavy (non-hydrogen) atoms. The smallest absolute Gasteiger partial charge is 0.240 e. The molecule has 2 aromatic rings. The van der Waals surface area contributed by atoms with Gasteiger partial charge in [-0.25, -0.2) is 0 Å². The van der Waals surface area contributed by atoms with Gasteiger partial charge in [-0.1, -0.05) is 17.8 Å². The van der Waals surface area contributed by atoms with Gasteiger partial charge in [0.2, 0.25) is 11.8 Å². The lowest BCUT2D eigenvalue weighted by Gasteiger charge is -2.08. The number of anilines is 1. The van der Waals surface area contributed by atoms with Gasteiger partial charge >= 0.3 is 0 Å². The van der Waals surface area contributed by atoms with Gasteiger partial charge in [0.05, 0.1) is 17.7 Å². The fraction of sp³-hybridized carbons (Fsp3) is 0.222. The first-order valence-electron chi connectivity index (χ1n) is 8.12. The van der Waals surface area contributed by atoms with Crippen LogP contribution in [0.15, 0.2) is 52.0 Å². The molecule has 1 aliphatic heterocycles. The third-order valence-corrected chi connectivity index (χ3v) is 5.74. The molecule has 9 heteroatoms. The fourth-order valence-corrected chi connectivity index (χ4v) is 3.89. The first-order chi connectivity index (χ1) is 13.0. The number of rotatable bonds is 6. The number of amidine groups is 1. The molecule has 0 spiro atoms. The number of hydrogen-bond donors (Lipinski definition) is 2. The molecule has 1 aromatic heterocycles. The van der Waals surface area contributed by atoms with E-state index >= 15 is 0 Å². The summed E-state index contributed by atoms with van der Waals surface area (Å²) in [5.74, 6) is 0.220. The van der Waals surface area contributed by atoms with Crippen molar-refractivity contribution < 1.29 is 14.3 Å². The van der Waals surface area contributed by atoms with Gasteiger partial charge in [-0.15, -0.1) is 16.4 Å². The quantitative estimate of drug-likeness (QED) is 0.574. The van der Waals surface area contributed by atoms with E-state index in [-0.39, 0.29) is 18.2 Å². The molecule has 1 unspecified atom stereocenters. The van der Waals surface area contributed by atoms with E-state index in [4.69, 9.17) is 4.74 Å². The van der Waals surface area contributed by atoms with Crippen LogP contribution >= 0.6 is 23.1 Å². The first kappa shape index (κ1) is 19.1. The summed E-state index contributed by atoms with van der Waals surface area (Å²) in [5, 5.41) is 15.5. The van der Waals surface area contributed by atoms with Crippen molar-refractivity contribution in [2.24, 2.45) is 10.2 Å². The molecule has 1 aliphatic rings. The molecule has 0 saturated carbocycles. The molecular formula is C18H18N4O3S2. The Morgan fingerprint density at radius 2 is 2.07 bits per heavy atom. The van der Waals surface area contributed by atoms with Gasteiger partial charge in [0, 0.05) is 12.1 Å². The Morgan fingerprint density at radius 3 is 2.74 bits per heavy atom. The van der Waals surface area contributed by atoms with Crippen LogP contribution in [-0.2, 0) is 9.59 Å². The molecule has 1 fully saturated rings. The van der Waals surface area contributed by atoms with Crippen molar-refractivity contribution in [3.05, 3.63) is 46.7 Å². The van der Waals surface area contributed by atoms with Gasteiger partial charge in [-0.05, 0) is 42.6 Å². The second kappa shape index (κ2) is 8.83. The van der Waals surface area contributed by atoms with E-state index in [0.29, 0.717) is 16.6 Å². The Morgan fingerprint density at radius 1 is 1.30 bits per heavy atom. The maximum Gasteiger partial charge on any atom is 0.240 e. The summed E-state index contributed by atoms with van der Waals surface area (Å²) in [4.78, 5) is 25.3. The molecule has 2 N–H and O–H groups in total. The van der Waals surface area contributed by atoms with Crippen LogP contribution < -0.4 is 15.4 Å². The average Bonchev–Trinajstić information content (AvgIpc) is 3.31. The Kier molecular flexibility index (Phi) is 6.25. The maximum absolute atomic E-state index is 12.2. The minimum absolute atomic E-state index is 0.0508. The van der Waals surface area contributed by atoms with Crippen LogP contribution in [0.1, 0.15) is 18.2 Å². The Labute approximate surface area is 164 Å². The number of thioether (sulfide) groups is 1. The summed E-state index contributed by atoms with van der Waals surface area (Å²) in [7, 11) is 1.58. The summed E-state index contributed by atoms with van der Waals surface area (Å²) < 4.78 is 5.08. The molecule has 7 nitrogen and oxygen atoms in total. The fourth-order valence-electron chi connectivity index (χ4n) is 2.30. The van der Waals surface area contributed by atoms with E-state index in [2.05, 4.69) is 20.8 Å². The number of nitrogens with one attached hydrogen (secondary N) is 2. The molecule has 3 rings (SSSR count). The third kappa shape index (κ3) is 5.18. The van der Waals surface area contributed by atoms with Crippen molar-refractivity contribution in [1.29, 1.82) is 0 Å². The Balaban J connectivity index is 1.56. The Hall–Kier alpha value is -2.65. The molecule has 140 valence electrons. The van der Waals surface area contributed by atoms with E-state index < -0.39 is 5.25 Å². The predicted molar refractivity (Wildman–Crippen MR) is 110 cm³/mol. The predicted octanol–water partition coefficient (Wildman–Crippen LogP) is 3.10. The van der Waals surface area contributed by atoms with Crippen LogP contribution in [0.4, 0.5) is 5.69 Å². The molecule has 1 aromatic carbocycles. The van der Waals surface area contributed by atoms with Crippen LogP contribution in [0.25, 0.3) is 0 Å². The van der Waals surface area contributed by atoms with Gasteiger partial charge in [0.15, 0.2) is 5.17 Å². The zero-order valence-corrected chi connectivity index (χ0v) is 16.4. The topological polar surface area (TPSA) is 92.2 Å². The van der Waals surface area contributed by atoms with Gasteiger partial charge in [0.1, 0.15) is 11.0 Å². The molecule has 1 saturated heterocycles. The average molecular weight is 403 g/mol. The summed E-state index contributed by atoms with van der Waals surface area (Å²) in [5.41, 5.74) is 1.42. The number of nitrogens with zero attached hydrogens (tertiary/aromatic N) is 2. The van der Waals surface area contributed by atoms with Crippen LogP contribution in [0, 0.1) is 0 Å². The molecule has 0 aliphatic carbocycles.